The lowest BCUT2D eigenvalue weighted by Crippen LogP contribution is -2.49. The molecule has 122 valence electrons. The van der Waals surface area contributed by atoms with Crippen molar-refractivity contribution in [3.05, 3.63) is 41.3 Å². The van der Waals surface area contributed by atoms with Crippen molar-refractivity contribution in [3.63, 3.8) is 0 Å². The lowest BCUT2D eigenvalue weighted by atomic mass is 10.1. The van der Waals surface area contributed by atoms with Crippen LogP contribution in [0.3, 0.4) is 0 Å². The smallest absolute Gasteiger partial charge is 0.341 e. The van der Waals surface area contributed by atoms with Gasteiger partial charge in [-0.05, 0) is 45.3 Å². The maximum absolute atomic E-state index is 13.1. The molecule has 0 fully saturated rings. The van der Waals surface area contributed by atoms with Gasteiger partial charge in [0.2, 0.25) is 0 Å². The molecule has 0 radical (unpaired) electrons. The zero-order valence-corrected chi connectivity index (χ0v) is 13.7. The van der Waals surface area contributed by atoms with Crippen LogP contribution in [-0.4, -0.2) is 51.4 Å². The van der Waals surface area contributed by atoms with Gasteiger partial charge in [0.05, 0.1) is 5.56 Å². The van der Waals surface area contributed by atoms with Crippen LogP contribution in [0.15, 0.2) is 24.3 Å². The van der Waals surface area contributed by atoms with E-state index in [9.17, 15) is 14.3 Å². The van der Waals surface area contributed by atoms with E-state index in [0.29, 0.717) is 22.5 Å². The Bertz CT molecular complexity index is 728. The van der Waals surface area contributed by atoms with Gasteiger partial charge in [-0.3, -0.25) is 10.00 Å². The van der Waals surface area contributed by atoms with Crippen LogP contribution in [-0.2, 0) is 4.79 Å². The molecule has 0 saturated heterocycles. The Hall–Kier alpha value is -2.32. The maximum Gasteiger partial charge on any atom is 0.341 e. The summed E-state index contributed by atoms with van der Waals surface area (Å²) < 4.78 is 13.1. The monoisotopic (exact) mass is 336 g/mol. The van der Waals surface area contributed by atoms with E-state index >= 15 is 0 Å². The number of aromatic nitrogens is 2. The standard InChI is InChI=1S/C15H17FN4O2S/c1-8-11(14(23)17-13(15(21)22)20(2)3)12(19-18-8)9-4-6-10(16)7-5-9/h4-7,13H,1-3H3,(H,17,23)(H,18,19)(H,21,22). The van der Waals surface area contributed by atoms with Gasteiger partial charge in [0, 0.05) is 11.3 Å². The summed E-state index contributed by atoms with van der Waals surface area (Å²) >= 11 is 5.35. The summed E-state index contributed by atoms with van der Waals surface area (Å²) in [4.78, 5) is 13.1. The number of nitrogens with zero attached hydrogens (tertiary/aromatic N) is 2. The summed E-state index contributed by atoms with van der Waals surface area (Å²) in [6.07, 6.45) is -0.960. The van der Waals surface area contributed by atoms with Crippen molar-refractivity contribution in [1.82, 2.24) is 20.4 Å². The van der Waals surface area contributed by atoms with Crippen LogP contribution in [0.4, 0.5) is 4.39 Å². The van der Waals surface area contributed by atoms with Gasteiger partial charge in [-0.1, -0.05) is 12.2 Å². The minimum Gasteiger partial charge on any atom is -0.479 e. The van der Waals surface area contributed by atoms with Crippen LogP contribution in [0.2, 0.25) is 0 Å². The molecule has 2 rings (SSSR count). The number of aryl methyl sites for hydroxylation is 1. The van der Waals surface area contributed by atoms with Crippen molar-refractivity contribution in [2.24, 2.45) is 0 Å². The Morgan fingerprint density at radius 1 is 1.39 bits per heavy atom. The first-order chi connectivity index (χ1) is 10.8. The van der Waals surface area contributed by atoms with Gasteiger partial charge in [-0.25, -0.2) is 9.18 Å². The van der Waals surface area contributed by atoms with Crippen molar-refractivity contribution in [3.8, 4) is 11.3 Å². The number of benzene rings is 1. The average molecular weight is 336 g/mol. The Morgan fingerprint density at radius 3 is 2.52 bits per heavy atom. The minimum atomic E-state index is -1.04. The van der Waals surface area contributed by atoms with E-state index in [1.807, 2.05) is 0 Å². The second-order valence-electron chi connectivity index (χ2n) is 5.26. The number of rotatable bonds is 5. The number of thiocarbonyl (C=S) groups is 1. The molecule has 0 amide bonds. The molecule has 3 N–H and O–H groups in total. The van der Waals surface area contributed by atoms with Gasteiger partial charge in [-0.2, -0.15) is 5.10 Å². The minimum absolute atomic E-state index is 0.261. The van der Waals surface area contributed by atoms with Crippen LogP contribution in [0, 0.1) is 12.7 Å². The molecule has 0 saturated carbocycles. The number of aliphatic carboxylic acids is 1. The highest BCUT2D eigenvalue weighted by Crippen LogP contribution is 2.24. The van der Waals surface area contributed by atoms with Gasteiger partial charge in [0.1, 0.15) is 16.5 Å². The predicted molar refractivity (Wildman–Crippen MR) is 88.7 cm³/mol. The van der Waals surface area contributed by atoms with Crippen LogP contribution in [0.25, 0.3) is 11.3 Å². The zero-order valence-electron chi connectivity index (χ0n) is 12.9. The fraction of sp³-hybridized carbons (Fsp3) is 0.267. The average Bonchev–Trinajstić information content (AvgIpc) is 2.86. The summed E-state index contributed by atoms with van der Waals surface area (Å²) in [5, 5.41) is 19.1. The van der Waals surface area contributed by atoms with E-state index < -0.39 is 12.1 Å². The lowest BCUT2D eigenvalue weighted by Gasteiger charge is -2.22. The largest absolute Gasteiger partial charge is 0.479 e. The number of nitrogens with one attached hydrogen (secondary N) is 2. The topological polar surface area (TPSA) is 81.2 Å². The number of carboxylic acid groups (broad SMARTS) is 1. The van der Waals surface area contributed by atoms with E-state index in [-0.39, 0.29) is 10.8 Å². The highest BCUT2D eigenvalue weighted by molar-refractivity contribution is 7.80. The molecule has 1 unspecified atom stereocenters. The van der Waals surface area contributed by atoms with E-state index in [1.165, 1.54) is 17.0 Å². The Kier molecular flexibility index (Phi) is 5.07. The molecule has 1 aromatic heterocycles. The molecular formula is C15H17FN4O2S. The third-order valence-electron chi connectivity index (χ3n) is 3.31. The number of likely N-dealkylation sites (N-methyl/N-ethyl adjacent to an activating group) is 1. The number of H-pyrrole nitrogens is 1. The van der Waals surface area contributed by atoms with Crippen LogP contribution in [0.1, 0.15) is 11.3 Å². The number of hydrogen-bond acceptors (Lipinski definition) is 4. The van der Waals surface area contributed by atoms with Gasteiger partial charge in [-0.15, -0.1) is 0 Å². The van der Waals surface area contributed by atoms with Gasteiger partial charge < -0.3 is 10.4 Å². The Morgan fingerprint density at radius 2 is 2.00 bits per heavy atom. The van der Waals surface area contributed by atoms with Crippen molar-refractivity contribution in [2.45, 2.75) is 13.1 Å². The van der Waals surface area contributed by atoms with Gasteiger partial charge >= 0.3 is 5.97 Å². The van der Waals surface area contributed by atoms with Crippen molar-refractivity contribution in [1.29, 1.82) is 0 Å². The van der Waals surface area contributed by atoms with Crippen LogP contribution in [0.5, 0.6) is 0 Å². The molecule has 23 heavy (non-hydrogen) atoms. The Balaban J connectivity index is 2.36. The molecule has 1 heterocycles. The quantitative estimate of drug-likeness (QED) is 0.570. The molecule has 0 bridgehead atoms. The third-order valence-corrected chi connectivity index (χ3v) is 3.63. The normalized spacial score (nSPS) is 12.2. The molecule has 1 aromatic carbocycles. The first kappa shape index (κ1) is 17.0. The molecule has 8 heteroatoms. The van der Waals surface area contributed by atoms with E-state index in [2.05, 4.69) is 15.5 Å². The molecule has 0 aliphatic rings. The fourth-order valence-electron chi connectivity index (χ4n) is 2.13. The van der Waals surface area contributed by atoms with Crippen LogP contribution >= 0.6 is 12.2 Å². The molecule has 0 aliphatic carbocycles. The summed E-state index contributed by atoms with van der Waals surface area (Å²) in [7, 11) is 3.27. The van der Waals surface area contributed by atoms with E-state index in [0.717, 1.165) is 0 Å². The summed E-state index contributed by atoms with van der Waals surface area (Å²) in [5.74, 6) is -1.39. The lowest BCUT2D eigenvalue weighted by molar-refractivity contribution is -0.142. The first-order valence-electron chi connectivity index (χ1n) is 6.82. The van der Waals surface area contributed by atoms with Crippen LogP contribution < -0.4 is 5.32 Å². The number of carboxylic acids is 1. The number of aromatic amines is 1. The second-order valence-corrected chi connectivity index (χ2v) is 5.67. The third kappa shape index (κ3) is 3.72. The SMILES string of the molecule is Cc1[nH]nc(-c2ccc(F)cc2)c1C(=S)NC(C(=O)O)N(C)C. The molecule has 0 spiro atoms. The molecule has 6 nitrogen and oxygen atoms in total. The molecular weight excluding hydrogens is 319 g/mol. The maximum atomic E-state index is 13.1. The van der Waals surface area contributed by atoms with Crippen molar-refractivity contribution in [2.75, 3.05) is 14.1 Å². The molecule has 1 atom stereocenters. The summed E-state index contributed by atoms with van der Waals surface area (Å²) in [6.45, 7) is 1.79. The van der Waals surface area contributed by atoms with Gasteiger partial charge in [0.25, 0.3) is 0 Å². The fourth-order valence-corrected chi connectivity index (χ4v) is 2.49. The second kappa shape index (κ2) is 6.84. The number of carbonyl (C=O) groups is 1. The van der Waals surface area contributed by atoms with Crippen molar-refractivity contribution < 1.29 is 14.3 Å². The van der Waals surface area contributed by atoms with E-state index in [4.69, 9.17) is 12.2 Å². The summed E-state index contributed by atoms with van der Waals surface area (Å²) in [5.41, 5.74) is 2.53. The van der Waals surface area contributed by atoms with Crippen molar-refractivity contribution >= 4 is 23.2 Å². The highest BCUT2D eigenvalue weighted by Gasteiger charge is 2.24. The van der Waals surface area contributed by atoms with Gasteiger partial charge in [0.15, 0.2) is 6.17 Å². The summed E-state index contributed by atoms with van der Waals surface area (Å²) in [6, 6.07) is 5.86. The molecule has 2 aromatic rings. The predicted octanol–water partition coefficient (Wildman–Crippen LogP) is 1.76. The number of halogens is 1. The first-order valence-corrected chi connectivity index (χ1v) is 7.23. The highest BCUT2D eigenvalue weighted by atomic mass is 32.1. The van der Waals surface area contributed by atoms with E-state index in [1.54, 1.807) is 33.2 Å². The number of hydrogen-bond donors (Lipinski definition) is 3. The Labute approximate surface area is 138 Å². The molecule has 0 aliphatic heterocycles. The zero-order chi connectivity index (χ0) is 17.1.